The van der Waals surface area contributed by atoms with Crippen molar-refractivity contribution in [3.05, 3.63) is 59.3 Å². The standard InChI is InChI=1S/C29H36N2O5S.C2H6/c1-28(2,3)35-26(32)30-16-15-21-22-17-20(37-8)13-14-23(22)31(27(33)36-29(4,5)6)25(21)24(30)18-9-11-19(34-7)12-10-18;1-2/h9-14,17,24H,15-16H2,1-8H3;1-2H3. The van der Waals surface area contributed by atoms with Crippen LogP contribution in [0.25, 0.3) is 10.9 Å². The van der Waals surface area contributed by atoms with Crippen molar-refractivity contribution in [2.24, 2.45) is 0 Å². The number of carbonyl (C=O) groups excluding carboxylic acids is 2. The van der Waals surface area contributed by atoms with Crippen molar-refractivity contribution in [3.8, 4) is 5.75 Å². The fraction of sp³-hybridized carbons (Fsp3) is 0.484. The van der Waals surface area contributed by atoms with E-state index in [1.165, 1.54) is 0 Å². The molecule has 0 aliphatic carbocycles. The lowest BCUT2D eigenvalue weighted by Gasteiger charge is -2.38. The molecule has 0 N–H and O–H groups in total. The zero-order valence-electron chi connectivity index (χ0n) is 24.9. The van der Waals surface area contributed by atoms with Gasteiger partial charge in [-0.2, -0.15) is 0 Å². The van der Waals surface area contributed by atoms with Crippen LogP contribution in [0.5, 0.6) is 5.75 Å². The number of hydrogen-bond acceptors (Lipinski definition) is 6. The van der Waals surface area contributed by atoms with Gasteiger partial charge in [-0.15, -0.1) is 11.8 Å². The van der Waals surface area contributed by atoms with E-state index in [2.05, 4.69) is 6.07 Å². The molecule has 1 unspecified atom stereocenters. The summed E-state index contributed by atoms with van der Waals surface area (Å²) in [7, 11) is 1.62. The summed E-state index contributed by atoms with van der Waals surface area (Å²) in [6.45, 7) is 15.6. The van der Waals surface area contributed by atoms with Gasteiger partial charge in [-0.25, -0.2) is 14.2 Å². The Morgan fingerprint density at radius 3 is 2.03 bits per heavy atom. The second kappa shape index (κ2) is 11.9. The number of aromatic nitrogens is 1. The minimum absolute atomic E-state index is 0.426. The van der Waals surface area contributed by atoms with Gasteiger partial charge < -0.3 is 14.2 Å². The number of benzene rings is 2. The van der Waals surface area contributed by atoms with E-state index in [9.17, 15) is 9.59 Å². The molecule has 0 fully saturated rings. The highest BCUT2D eigenvalue weighted by molar-refractivity contribution is 7.98. The molecule has 39 heavy (non-hydrogen) atoms. The third-order valence-corrected chi connectivity index (χ3v) is 6.85. The zero-order chi connectivity index (χ0) is 29.1. The van der Waals surface area contributed by atoms with Gasteiger partial charge >= 0.3 is 12.2 Å². The number of rotatable bonds is 3. The second-order valence-corrected chi connectivity index (χ2v) is 12.0. The molecule has 0 radical (unpaired) electrons. The average Bonchev–Trinajstić information content (AvgIpc) is 3.21. The smallest absolute Gasteiger partial charge is 0.419 e. The quantitative estimate of drug-likeness (QED) is 0.305. The number of ether oxygens (including phenoxy) is 3. The van der Waals surface area contributed by atoms with Crippen LogP contribution in [-0.2, 0) is 15.9 Å². The Labute approximate surface area is 236 Å². The number of hydrogen-bond donors (Lipinski definition) is 0. The van der Waals surface area contributed by atoms with Crippen LogP contribution >= 0.6 is 11.8 Å². The molecule has 1 aliphatic heterocycles. The number of fused-ring (bicyclic) bond motifs is 3. The summed E-state index contributed by atoms with van der Waals surface area (Å²) in [5, 5.41) is 0.995. The van der Waals surface area contributed by atoms with Crippen LogP contribution in [0.1, 0.15) is 78.3 Å². The minimum Gasteiger partial charge on any atom is -0.497 e. The van der Waals surface area contributed by atoms with Gasteiger partial charge in [0.05, 0.1) is 18.3 Å². The minimum atomic E-state index is -0.686. The molecule has 4 rings (SSSR count). The van der Waals surface area contributed by atoms with E-state index >= 15 is 0 Å². The predicted octanol–water partition coefficient (Wildman–Crippen LogP) is 8.06. The molecule has 0 saturated carbocycles. The molecule has 212 valence electrons. The molecule has 2 heterocycles. The molecular formula is C31H42N2O5S. The molecule has 0 saturated heterocycles. The largest absolute Gasteiger partial charge is 0.497 e. The summed E-state index contributed by atoms with van der Waals surface area (Å²) in [6.07, 6.45) is 1.72. The third kappa shape index (κ3) is 6.72. The van der Waals surface area contributed by atoms with E-state index in [0.29, 0.717) is 18.7 Å². The van der Waals surface area contributed by atoms with Gasteiger partial charge in [0.1, 0.15) is 23.0 Å². The first-order valence-electron chi connectivity index (χ1n) is 13.4. The molecular weight excluding hydrogens is 512 g/mol. The number of thioether (sulfide) groups is 1. The van der Waals surface area contributed by atoms with E-state index in [0.717, 1.165) is 32.6 Å². The van der Waals surface area contributed by atoms with Gasteiger partial charge in [0.15, 0.2) is 0 Å². The molecule has 7 nitrogen and oxygen atoms in total. The first-order chi connectivity index (χ1) is 18.3. The third-order valence-electron chi connectivity index (χ3n) is 6.13. The van der Waals surface area contributed by atoms with Gasteiger partial charge in [0.25, 0.3) is 0 Å². The fourth-order valence-electron chi connectivity index (χ4n) is 4.69. The molecule has 3 aromatic rings. The summed E-state index contributed by atoms with van der Waals surface area (Å²) in [5.41, 5.74) is 2.04. The van der Waals surface area contributed by atoms with Crippen LogP contribution in [-0.4, -0.2) is 52.8 Å². The molecule has 2 aromatic carbocycles. The Kier molecular flexibility index (Phi) is 9.31. The maximum atomic E-state index is 13.7. The lowest BCUT2D eigenvalue weighted by Crippen LogP contribution is -2.44. The number of amides is 1. The van der Waals surface area contributed by atoms with Crippen LogP contribution in [0.3, 0.4) is 0 Å². The Bertz CT molecular complexity index is 1320. The summed E-state index contributed by atoms with van der Waals surface area (Å²) < 4.78 is 18.7. The summed E-state index contributed by atoms with van der Waals surface area (Å²) in [6, 6.07) is 13.1. The average molecular weight is 555 g/mol. The highest BCUT2D eigenvalue weighted by Gasteiger charge is 2.40. The van der Waals surface area contributed by atoms with E-state index in [4.69, 9.17) is 14.2 Å². The maximum Gasteiger partial charge on any atom is 0.419 e. The van der Waals surface area contributed by atoms with Crippen LogP contribution in [0.15, 0.2) is 47.4 Å². The van der Waals surface area contributed by atoms with Gasteiger partial charge in [0, 0.05) is 16.8 Å². The summed E-state index contributed by atoms with van der Waals surface area (Å²) >= 11 is 1.65. The van der Waals surface area contributed by atoms with Gasteiger partial charge in [0.2, 0.25) is 0 Å². The van der Waals surface area contributed by atoms with Gasteiger partial charge in [-0.05, 0) is 95.7 Å². The molecule has 1 aliphatic rings. The molecule has 0 spiro atoms. The summed E-state index contributed by atoms with van der Waals surface area (Å²) in [5.74, 6) is 0.709. The van der Waals surface area contributed by atoms with E-state index in [-0.39, 0.29) is 0 Å². The molecule has 0 bridgehead atoms. The lowest BCUT2D eigenvalue weighted by atomic mass is 9.92. The normalized spacial score (nSPS) is 15.2. The summed E-state index contributed by atoms with van der Waals surface area (Å²) in [4.78, 5) is 30.0. The Morgan fingerprint density at radius 1 is 0.897 bits per heavy atom. The zero-order valence-corrected chi connectivity index (χ0v) is 25.7. The lowest BCUT2D eigenvalue weighted by molar-refractivity contribution is 0.0164. The fourth-order valence-corrected chi connectivity index (χ4v) is 5.13. The van der Waals surface area contributed by atoms with E-state index in [1.54, 1.807) is 28.3 Å². The highest BCUT2D eigenvalue weighted by atomic mass is 32.2. The maximum absolute atomic E-state index is 13.7. The van der Waals surface area contributed by atoms with Crippen molar-refractivity contribution in [1.82, 2.24) is 9.47 Å². The van der Waals surface area contributed by atoms with Crippen LogP contribution in [0.2, 0.25) is 0 Å². The Morgan fingerprint density at radius 2 is 1.49 bits per heavy atom. The predicted molar refractivity (Wildman–Crippen MR) is 158 cm³/mol. The van der Waals surface area contributed by atoms with Gasteiger partial charge in [-0.3, -0.25) is 4.90 Å². The van der Waals surface area contributed by atoms with Crippen molar-refractivity contribution in [3.63, 3.8) is 0 Å². The van der Waals surface area contributed by atoms with Crippen molar-refractivity contribution in [2.75, 3.05) is 19.9 Å². The number of methoxy groups -OCH3 is 1. The molecule has 1 amide bonds. The van der Waals surface area contributed by atoms with Crippen LogP contribution in [0.4, 0.5) is 9.59 Å². The van der Waals surface area contributed by atoms with Crippen LogP contribution in [0, 0.1) is 0 Å². The Balaban J connectivity index is 0.00000205. The first-order valence-corrected chi connectivity index (χ1v) is 14.6. The monoisotopic (exact) mass is 554 g/mol. The highest BCUT2D eigenvalue weighted by Crippen LogP contribution is 2.42. The number of carbonyl (C=O) groups is 2. The molecule has 1 atom stereocenters. The molecule has 1 aromatic heterocycles. The SMILES string of the molecule is CC.COc1ccc(C2c3c(c4cc(SC)ccc4n3C(=O)OC(C)(C)C)CCN2C(=O)OC(C)(C)C)cc1. The Hall–Kier alpha value is -3.13. The van der Waals surface area contributed by atoms with Crippen molar-refractivity contribution >= 4 is 34.9 Å². The van der Waals surface area contributed by atoms with Crippen LogP contribution < -0.4 is 4.74 Å². The topological polar surface area (TPSA) is 70.0 Å². The second-order valence-electron chi connectivity index (χ2n) is 11.2. The number of nitrogens with zero attached hydrogens (tertiary/aromatic N) is 2. The van der Waals surface area contributed by atoms with Gasteiger partial charge in [-0.1, -0.05) is 26.0 Å². The van der Waals surface area contributed by atoms with Crippen molar-refractivity contribution < 1.29 is 23.8 Å². The van der Waals surface area contributed by atoms with Crippen molar-refractivity contribution in [1.29, 1.82) is 0 Å². The first kappa shape index (κ1) is 30.4. The van der Waals surface area contributed by atoms with E-state index in [1.807, 2.05) is 98.0 Å². The molecule has 8 heteroatoms. The van der Waals surface area contributed by atoms with Crippen molar-refractivity contribution in [2.45, 2.75) is 84.0 Å². The van der Waals surface area contributed by atoms with E-state index < -0.39 is 29.4 Å².